The number of benzene rings is 2. The van der Waals surface area contributed by atoms with E-state index in [0.717, 1.165) is 26.0 Å². The third-order valence-electron chi connectivity index (χ3n) is 2.33. The third kappa shape index (κ3) is 3.23. The summed E-state index contributed by atoms with van der Waals surface area (Å²) in [4.78, 5) is 0. The molecule has 0 saturated carbocycles. The van der Waals surface area contributed by atoms with Gasteiger partial charge in [0, 0.05) is 14.6 Å². The molecule has 0 atom stereocenters. The summed E-state index contributed by atoms with van der Waals surface area (Å²) >= 11 is 6.87. The zero-order chi connectivity index (χ0) is 12.4. The van der Waals surface area contributed by atoms with E-state index in [2.05, 4.69) is 56.2 Å². The van der Waals surface area contributed by atoms with Crippen molar-refractivity contribution >= 4 is 48.9 Å². The fourth-order valence-electron chi connectivity index (χ4n) is 1.61. The summed E-state index contributed by atoms with van der Waals surface area (Å²) in [6, 6.07) is 12.0. The van der Waals surface area contributed by atoms with E-state index < -0.39 is 0 Å². The number of aryl methyl sites for hydroxylation is 1. The number of hydrogen-bond acceptors (Lipinski definition) is 2. The molecule has 0 heterocycles. The predicted octanol–water partition coefficient (Wildman–Crippen LogP) is 4.85. The van der Waals surface area contributed by atoms with Gasteiger partial charge in [0.15, 0.2) is 0 Å². The second-order valence-electron chi connectivity index (χ2n) is 3.87. The van der Waals surface area contributed by atoms with E-state index in [1.54, 1.807) is 0 Å². The molecule has 88 valence electrons. The lowest BCUT2D eigenvalue weighted by Crippen LogP contribution is -1.96. The Morgan fingerprint density at radius 3 is 2.41 bits per heavy atom. The van der Waals surface area contributed by atoms with Crippen molar-refractivity contribution in [1.82, 2.24) is 0 Å². The number of rotatable bonds is 2. The summed E-state index contributed by atoms with van der Waals surface area (Å²) < 4.78 is 2.03. The van der Waals surface area contributed by atoms with Crippen LogP contribution in [0.5, 0.6) is 0 Å². The summed E-state index contributed by atoms with van der Waals surface area (Å²) in [6.07, 6.45) is 0. The van der Waals surface area contributed by atoms with Gasteiger partial charge in [-0.25, -0.2) is 0 Å². The molecule has 0 unspecified atom stereocenters. The van der Waals surface area contributed by atoms with Gasteiger partial charge in [-0.3, -0.25) is 0 Å². The maximum absolute atomic E-state index is 5.94. The second kappa shape index (κ2) is 5.10. The maximum atomic E-state index is 5.94. The Hall–Kier alpha value is -1.00. The number of hydrogen-bond donors (Lipinski definition) is 2. The largest absolute Gasteiger partial charge is 0.397 e. The zero-order valence-electron chi connectivity index (χ0n) is 9.30. The lowest BCUT2D eigenvalue weighted by molar-refractivity contribution is 1.43. The van der Waals surface area contributed by atoms with Crippen LogP contribution in [0.3, 0.4) is 0 Å². The van der Waals surface area contributed by atoms with Crippen LogP contribution in [0, 0.1) is 6.92 Å². The average molecular weight is 356 g/mol. The van der Waals surface area contributed by atoms with Crippen LogP contribution in [-0.2, 0) is 0 Å². The van der Waals surface area contributed by atoms with Crippen molar-refractivity contribution in [2.24, 2.45) is 0 Å². The molecular formula is C13H12Br2N2. The summed E-state index contributed by atoms with van der Waals surface area (Å²) in [6.45, 7) is 2.06. The molecule has 0 saturated heterocycles. The SMILES string of the molecule is Cc1cc(Br)cc(Nc2ccc(Br)cc2N)c1. The normalized spacial score (nSPS) is 10.3. The van der Waals surface area contributed by atoms with E-state index >= 15 is 0 Å². The van der Waals surface area contributed by atoms with Crippen molar-refractivity contribution < 1.29 is 0 Å². The highest BCUT2D eigenvalue weighted by Gasteiger charge is 2.01. The van der Waals surface area contributed by atoms with Crippen molar-refractivity contribution in [1.29, 1.82) is 0 Å². The molecule has 0 aromatic heterocycles. The van der Waals surface area contributed by atoms with Crippen LogP contribution in [0.1, 0.15) is 5.56 Å². The maximum Gasteiger partial charge on any atom is 0.0618 e. The van der Waals surface area contributed by atoms with Gasteiger partial charge >= 0.3 is 0 Å². The minimum Gasteiger partial charge on any atom is -0.397 e. The van der Waals surface area contributed by atoms with Crippen LogP contribution in [0.25, 0.3) is 0 Å². The number of anilines is 3. The molecule has 0 bridgehead atoms. The predicted molar refractivity (Wildman–Crippen MR) is 80.7 cm³/mol. The molecule has 0 fully saturated rings. The van der Waals surface area contributed by atoms with Gasteiger partial charge in [-0.15, -0.1) is 0 Å². The van der Waals surface area contributed by atoms with E-state index in [-0.39, 0.29) is 0 Å². The van der Waals surface area contributed by atoms with E-state index in [4.69, 9.17) is 5.73 Å². The lowest BCUT2D eigenvalue weighted by atomic mass is 10.2. The van der Waals surface area contributed by atoms with Gasteiger partial charge < -0.3 is 11.1 Å². The average Bonchev–Trinajstić information content (AvgIpc) is 2.21. The van der Waals surface area contributed by atoms with Crippen molar-refractivity contribution in [2.45, 2.75) is 6.92 Å². The summed E-state index contributed by atoms with van der Waals surface area (Å²) in [5.41, 5.74) is 9.78. The first kappa shape index (κ1) is 12.5. The molecule has 0 amide bonds. The minimum absolute atomic E-state index is 0.719. The molecule has 0 radical (unpaired) electrons. The first-order chi connectivity index (χ1) is 8.04. The highest BCUT2D eigenvalue weighted by Crippen LogP contribution is 2.28. The molecular weight excluding hydrogens is 344 g/mol. The van der Waals surface area contributed by atoms with Crippen LogP contribution in [0.15, 0.2) is 45.3 Å². The Kier molecular flexibility index (Phi) is 3.74. The van der Waals surface area contributed by atoms with Gasteiger partial charge in [-0.2, -0.15) is 0 Å². The molecule has 3 N–H and O–H groups in total. The van der Waals surface area contributed by atoms with Gasteiger partial charge in [-0.1, -0.05) is 31.9 Å². The van der Waals surface area contributed by atoms with Crippen LogP contribution < -0.4 is 11.1 Å². The Morgan fingerprint density at radius 1 is 1.00 bits per heavy atom. The number of nitrogen functional groups attached to an aromatic ring is 1. The van der Waals surface area contributed by atoms with Crippen LogP contribution in [0.4, 0.5) is 17.1 Å². The monoisotopic (exact) mass is 354 g/mol. The van der Waals surface area contributed by atoms with Crippen molar-refractivity contribution in [3.05, 3.63) is 50.9 Å². The van der Waals surface area contributed by atoms with Crippen LogP contribution in [0.2, 0.25) is 0 Å². The van der Waals surface area contributed by atoms with Gasteiger partial charge in [0.2, 0.25) is 0 Å². The van der Waals surface area contributed by atoms with E-state index in [0.29, 0.717) is 0 Å². The molecule has 0 spiro atoms. The van der Waals surface area contributed by atoms with Gasteiger partial charge in [0.1, 0.15) is 0 Å². The lowest BCUT2D eigenvalue weighted by Gasteiger charge is -2.10. The molecule has 17 heavy (non-hydrogen) atoms. The molecule has 0 aliphatic rings. The van der Waals surface area contributed by atoms with Gasteiger partial charge in [0.25, 0.3) is 0 Å². The van der Waals surface area contributed by atoms with Crippen LogP contribution >= 0.6 is 31.9 Å². The Bertz CT molecular complexity index is 533. The quantitative estimate of drug-likeness (QED) is 0.756. The number of nitrogens with two attached hydrogens (primary N) is 1. The van der Waals surface area contributed by atoms with E-state index in [1.165, 1.54) is 5.56 Å². The number of nitrogens with one attached hydrogen (secondary N) is 1. The van der Waals surface area contributed by atoms with Crippen molar-refractivity contribution in [3.8, 4) is 0 Å². The first-order valence-electron chi connectivity index (χ1n) is 5.14. The highest BCUT2D eigenvalue weighted by molar-refractivity contribution is 9.10. The smallest absolute Gasteiger partial charge is 0.0618 e. The Labute approximate surface area is 117 Å². The summed E-state index contributed by atoms with van der Waals surface area (Å²) in [5, 5.41) is 3.31. The minimum atomic E-state index is 0.719. The molecule has 4 heteroatoms. The van der Waals surface area contributed by atoms with E-state index in [9.17, 15) is 0 Å². The van der Waals surface area contributed by atoms with Gasteiger partial charge in [0.05, 0.1) is 11.4 Å². The summed E-state index contributed by atoms with van der Waals surface area (Å²) in [5.74, 6) is 0. The molecule has 2 aromatic carbocycles. The molecule has 0 aliphatic carbocycles. The second-order valence-corrected chi connectivity index (χ2v) is 5.71. The zero-order valence-corrected chi connectivity index (χ0v) is 12.5. The molecule has 2 nitrogen and oxygen atoms in total. The Morgan fingerprint density at radius 2 is 1.76 bits per heavy atom. The standard InChI is InChI=1S/C13H12Br2N2/c1-8-4-10(15)6-11(5-8)17-13-3-2-9(14)7-12(13)16/h2-7,17H,16H2,1H3. The highest BCUT2D eigenvalue weighted by atomic mass is 79.9. The number of halogens is 2. The fraction of sp³-hybridized carbons (Fsp3) is 0.0769. The van der Waals surface area contributed by atoms with Crippen molar-refractivity contribution in [2.75, 3.05) is 11.1 Å². The summed E-state index contributed by atoms with van der Waals surface area (Å²) in [7, 11) is 0. The first-order valence-corrected chi connectivity index (χ1v) is 6.72. The van der Waals surface area contributed by atoms with Gasteiger partial charge in [-0.05, 0) is 48.9 Å². The Balaban J connectivity index is 2.31. The molecule has 0 aliphatic heterocycles. The van der Waals surface area contributed by atoms with Crippen LogP contribution in [-0.4, -0.2) is 0 Å². The molecule has 2 aromatic rings. The van der Waals surface area contributed by atoms with E-state index in [1.807, 2.05) is 24.3 Å². The van der Waals surface area contributed by atoms with Crippen molar-refractivity contribution in [3.63, 3.8) is 0 Å². The third-order valence-corrected chi connectivity index (χ3v) is 3.29. The fourth-order valence-corrected chi connectivity index (χ4v) is 2.60. The molecule has 2 rings (SSSR count). The topological polar surface area (TPSA) is 38.0 Å².